The number of ether oxygens (including phenoxy) is 1. The van der Waals surface area contributed by atoms with E-state index in [0.29, 0.717) is 24.2 Å². The first-order valence-corrected chi connectivity index (χ1v) is 8.67. The molecule has 0 aliphatic heterocycles. The predicted octanol–water partition coefficient (Wildman–Crippen LogP) is 2.95. The van der Waals surface area contributed by atoms with Gasteiger partial charge in [0.25, 0.3) is 0 Å². The van der Waals surface area contributed by atoms with Crippen molar-refractivity contribution in [3.63, 3.8) is 0 Å². The van der Waals surface area contributed by atoms with Crippen molar-refractivity contribution in [1.29, 1.82) is 0 Å². The van der Waals surface area contributed by atoms with Crippen molar-refractivity contribution in [2.75, 3.05) is 24.7 Å². The zero-order valence-corrected chi connectivity index (χ0v) is 13.0. The Morgan fingerprint density at radius 1 is 1.63 bits per heavy atom. The summed E-state index contributed by atoms with van der Waals surface area (Å²) in [6.07, 6.45) is 5.82. The van der Waals surface area contributed by atoms with Crippen LogP contribution in [0, 0.1) is 0 Å². The molecule has 0 unspecified atom stereocenters. The second kappa shape index (κ2) is 6.61. The molecule has 2 rings (SSSR count). The fraction of sp³-hybridized carbons (Fsp3) is 0.692. The lowest BCUT2D eigenvalue weighted by molar-refractivity contribution is -0.143. The fourth-order valence-corrected chi connectivity index (χ4v) is 3.27. The quantitative estimate of drug-likeness (QED) is 0.748. The summed E-state index contributed by atoms with van der Waals surface area (Å²) in [6.45, 7) is 3.25. The highest BCUT2D eigenvalue weighted by molar-refractivity contribution is 8.00. The highest BCUT2D eigenvalue weighted by Gasteiger charge is 2.41. The molecule has 0 aromatic carbocycles. The number of nitrogens with zero attached hydrogens (tertiary/aromatic N) is 1. The lowest BCUT2D eigenvalue weighted by atomic mass is 10.2. The van der Waals surface area contributed by atoms with Crippen LogP contribution in [0.15, 0.2) is 5.38 Å². The highest BCUT2D eigenvalue weighted by Crippen LogP contribution is 2.47. The van der Waals surface area contributed by atoms with E-state index in [2.05, 4.69) is 16.6 Å². The number of rotatable bonds is 8. The van der Waals surface area contributed by atoms with Crippen LogP contribution in [0.5, 0.6) is 0 Å². The number of carbonyl (C=O) groups is 1. The monoisotopic (exact) mass is 300 g/mol. The maximum atomic E-state index is 11.3. The van der Waals surface area contributed by atoms with Crippen LogP contribution >= 0.6 is 23.1 Å². The summed E-state index contributed by atoms with van der Waals surface area (Å²) in [5.41, 5.74) is 0.967. The van der Waals surface area contributed by atoms with Gasteiger partial charge in [-0.15, -0.1) is 11.3 Å². The maximum Gasteiger partial charge on any atom is 0.306 e. The summed E-state index contributed by atoms with van der Waals surface area (Å²) in [5.74, 6) is -0.149. The Morgan fingerprint density at radius 3 is 3.05 bits per heavy atom. The summed E-state index contributed by atoms with van der Waals surface area (Å²) in [4.78, 5) is 15.8. The third-order valence-electron chi connectivity index (χ3n) is 3.24. The number of nitrogens with one attached hydrogen (secondary N) is 1. The largest absolute Gasteiger partial charge is 0.466 e. The van der Waals surface area contributed by atoms with Gasteiger partial charge < -0.3 is 10.1 Å². The number of esters is 1. The Balaban J connectivity index is 1.74. The topological polar surface area (TPSA) is 51.2 Å². The van der Waals surface area contributed by atoms with Crippen LogP contribution in [0.1, 0.15) is 31.9 Å². The molecule has 106 valence electrons. The van der Waals surface area contributed by atoms with Gasteiger partial charge in [0.05, 0.1) is 18.7 Å². The van der Waals surface area contributed by atoms with Crippen molar-refractivity contribution in [1.82, 2.24) is 4.98 Å². The minimum atomic E-state index is -0.149. The van der Waals surface area contributed by atoms with Crippen molar-refractivity contribution in [3.05, 3.63) is 11.1 Å². The van der Waals surface area contributed by atoms with E-state index >= 15 is 0 Å². The van der Waals surface area contributed by atoms with Gasteiger partial charge in [0.15, 0.2) is 5.13 Å². The molecule has 1 fully saturated rings. The van der Waals surface area contributed by atoms with Crippen molar-refractivity contribution in [2.45, 2.75) is 37.4 Å². The minimum Gasteiger partial charge on any atom is -0.466 e. The summed E-state index contributed by atoms with van der Waals surface area (Å²) in [6, 6.07) is 0. The second-order valence-electron chi connectivity index (χ2n) is 4.69. The molecule has 0 atom stereocenters. The van der Waals surface area contributed by atoms with Gasteiger partial charge in [-0.3, -0.25) is 4.79 Å². The number of hydrogen-bond donors (Lipinski definition) is 1. The maximum absolute atomic E-state index is 11.3. The standard InChI is InChI=1S/C13H20N2O2S2/c1-3-17-11(16)5-4-10-8-19-12(15-10)14-9-13(18-2)6-7-13/h8H,3-7,9H2,1-2H3,(H,14,15). The molecule has 1 N–H and O–H groups in total. The molecule has 4 nitrogen and oxygen atoms in total. The fourth-order valence-electron chi connectivity index (χ4n) is 1.80. The SMILES string of the molecule is CCOC(=O)CCc1csc(NCC2(SC)CC2)n1. The average molecular weight is 300 g/mol. The van der Waals surface area contributed by atoms with E-state index in [1.807, 2.05) is 24.1 Å². The van der Waals surface area contributed by atoms with Crippen molar-refractivity contribution < 1.29 is 9.53 Å². The van der Waals surface area contributed by atoms with Crippen LogP contribution in [0.4, 0.5) is 5.13 Å². The molecule has 1 aliphatic carbocycles. The Kier molecular flexibility index (Phi) is 5.10. The van der Waals surface area contributed by atoms with Crippen LogP contribution in [-0.2, 0) is 16.0 Å². The highest BCUT2D eigenvalue weighted by atomic mass is 32.2. The summed E-state index contributed by atoms with van der Waals surface area (Å²) < 4.78 is 5.34. The van der Waals surface area contributed by atoms with Crippen LogP contribution in [0.25, 0.3) is 0 Å². The number of hydrogen-bond acceptors (Lipinski definition) is 6. The number of thioether (sulfide) groups is 1. The summed E-state index contributed by atoms with van der Waals surface area (Å²) >= 11 is 3.55. The number of anilines is 1. The van der Waals surface area contributed by atoms with Gasteiger partial charge in [0, 0.05) is 23.1 Å². The van der Waals surface area contributed by atoms with E-state index in [1.54, 1.807) is 11.3 Å². The van der Waals surface area contributed by atoms with Gasteiger partial charge in [0.1, 0.15) is 0 Å². The Labute approximate surface area is 122 Å². The van der Waals surface area contributed by atoms with Crippen molar-refractivity contribution in [2.24, 2.45) is 0 Å². The first kappa shape index (κ1) is 14.7. The number of thiazole rings is 1. The van der Waals surface area contributed by atoms with Crippen molar-refractivity contribution >= 4 is 34.2 Å². The molecule has 0 amide bonds. The molecule has 0 bridgehead atoms. The average Bonchev–Trinajstić information content (AvgIpc) is 3.06. The molecule has 1 aromatic heterocycles. The summed E-state index contributed by atoms with van der Waals surface area (Å²) in [7, 11) is 0. The molecule has 0 saturated heterocycles. The third kappa shape index (κ3) is 4.38. The number of aromatic nitrogens is 1. The van der Waals surface area contributed by atoms with E-state index in [-0.39, 0.29) is 5.97 Å². The van der Waals surface area contributed by atoms with Gasteiger partial charge in [-0.2, -0.15) is 11.8 Å². The molecular formula is C13H20N2O2S2. The molecule has 1 heterocycles. The molecule has 1 aromatic rings. The molecule has 6 heteroatoms. The second-order valence-corrected chi connectivity index (χ2v) is 6.82. The smallest absolute Gasteiger partial charge is 0.306 e. The molecule has 0 radical (unpaired) electrons. The van der Waals surface area contributed by atoms with E-state index in [4.69, 9.17) is 4.74 Å². The van der Waals surface area contributed by atoms with Gasteiger partial charge in [-0.25, -0.2) is 4.98 Å². The first-order valence-electron chi connectivity index (χ1n) is 6.56. The zero-order valence-electron chi connectivity index (χ0n) is 11.4. The lowest BCUT2D eigenvalue weighted by Crippen LogP contribution is -2.17. The number of aryl methyl sites for hydroxylation is 1. The summed E-state index contributed by atoms with van der Waals surface area (Å²) in [5, 5.41) is 6.37. The van der Waals surface area contributed by atoms with E-state index in [1.165, 1.54) is 12.8 Å². The van der Waals surface area contributed by atoms with Crippen LogP contribution in [-0.4, -0.2) is 35.1 Å². The Hall–Kier alpha value is -0.750. The van der Waals surface area contributed by atoms with Gasteiger partial charge >= 0.3 is 5.97 Å². The lowest BCUT2D eigenvalue weighted by Gasteiger charge is -2.11. The predicted molar refractivity (Wildman–Crippen MR) is 81.0 cm³/mol. The molecule has 19 heavy (non-hydrogen) atoms. The van der Waals surface area contributed by atoms with Gasteiger partial charge in [-0.05, 0) is 26.0 Å². The Bertz CT molecular complexity index is 430. The molecule has 1 aliphatic rings. The normalized spacial score (nSPS) is 16.1. The van der Waals surface area contributed by atoms with Crippen molar-refractivity contribution in [3.8, 4) is 0 Å². The molecular weight excluding hydrogens is 280 g/mol. The van der Waals surface area contributed by atoms with E-state index in [9.17, 15) is 4.79 Å². The zero-order chi connectivity index (χ0) is 13.7. The molecule has 0 spiro atoms. The first-order chi connectivity index (χ1) is 9.17. The van der Waals surface area contributed by atoms with Crippen LogP contribution in [0.3, 0.4) is 0 Å². The van der Waals surface area contributed by atoms with Gasteiger partial charge in [0.2, 0.25) is 0 Å². The van der Waals surface area contributed by atoms with Crippen LogP contribution in [0.2, 0.25) is 0 Å². The van der Waals surface area contributed by atoms with E-state index < -0.39 is 0 Å². The van der Waals surface area contributed by atoms with Crippen LogP contribution < -0.4 is 5.32 Å². The van der Waals surface area contributed by atoms with E-state index in [0.717, 1.165) is 17.4 Å². The number of carbonyl (C=O) groups excluding carboxylic acids is 1. The minimum absolute atomic E-state index is 0.149. The molecule has 1 saturated carbocycles. The van der Waals surface area contributed by atoms with Gasteiger partial charge in [-0.1, -0.05) is 0 Å². The Morgan fingerprint density at radius 2 is 2.42 bits per heavy atom. The third-order valence-corrected chi connectivity index (χ3v) is 5.51.